The van der Waals surface area contributed by atoms with Crippen molar-refractivity contribution < 1.29 is 19.1 Å². The first-order chi connectivity index (χ1) is 14.6. The van der Waals surface area contributed by atoms with Gasteiger partial charge < -0.3 is 14.5 Å². The highest BCUT2D eigenvalue weighted by atomic mass is 16.5. The molecule has 0 N–H and O–H groups in total. The highest BCUT2D eigenvalue weighted by Gasteiger charge is 2.40. The molecule has 0 aromatic heterocycles. The number of piperazine rings is 1. The smallest absolute Gasteiger partial charge is 0.242 e. The van der Waals surface area contributed by atoms with E-state index in [9.17, 15) is 14.4 Å². The topological polar surface area (TPSA) is 70.2 Å². The van der Waals surface area contributed by atoms with Gasteiger partial charge >= 0.3 is 0 Å². The molecule has 2 aliphatic heterocycles. The summed E-state index contributed by atoms with van der Waals surface area (Å²) in [5.74, 6) is -0.421. The molecule has 0 radical (unpaired) electrons. The van der Waals surface area contributed by atoms with Crippen LogP contribution < -0.4 is 9.64 Å². The van der Waals surface area contributed by atoms with E-state index >= 15 is 0 Å². The molecule has 3 amide bonds. The number of likely N-dealkylation sites (tertiary alicyclic amines) is 1. The number of hydrogen-bond donors (Lipinski definition) is 0. The normalized spacial score (nSPS) is 19.4. The molecule has 0 spiro atoms. The average molecular weight is 407 g/mol. The van der Waals surface area contributed by atoms with Crippen LogP contribution in [0.15, 0.2) is 54.6 Å². The second-order valence-corrected chi connectivity index (χ2v) is 7.55. The predicted molar refractivity (Wildman–Crippen MR) is 112 cm³/mol. The maximum absolute atomic E-state index is 12.8. The van der Waals surface area contributed by atoms with Crippen LogP contribution in [0.4, 0.5) is 5.69 Å². The van der Waals surface area contributed by atoms with Crippen LogP contribution >= 0.6 is 0 Å². The molecule has 7 nitrogen and oxygen atoms in total. The number of imide groups is 1. The van der Waals surface area contributed by atoms with Crippen molar-refractivity contribution in [2.45, 2.75) is 12.3 Å². The summed E-state index contributed by atoms with van der Waals surface area (Å²) < 4.78 is 5.19. The van der Waals surface area contributed by atoms with Gasteiger partial charge in [-0.2, -0.15) is 0 Å². The third-order valence-corrected chi connectivity index (χ3v) is 5.81. The Balaban J connectivity index is 1.33. The lowest BCUT2D eigenvalue weighted by Gasteiger charge is -2.36. The Morgan fingerprint density at radius 3 is 2.27 bits per heavy atom. The molecular formula is C23H25N3O4. The van der Waals surface area contributed by atoms with Crippen LogP contribution in [0.2, 0.25) is 0 Å². The third-order valence-electron chi connectivity index (χ3n) is 5.81. The van der Waals surface area contributed by atoms with Gasteiger partial charge in [0.15, 0.2) is 0 Å². The summed E-state index contributed by atoms with van der Waals surface area (Å²) in [5, 5.41) is 0. The molecule has 2 fully saturated rings. The van der Waals surface area contributed by atoms with E-state index in [-0.39, 0.29) is 30.7 Å². The summed E-state index contributed by atoms with van der Waals surface area (Å²) in [7, 11) is 1.64. The van der Waals surface area contributed by atoms with E-state index in [2.05, 4.69) is 4.90 Å². The van der Waals surface area contributed by atoms with Gasteiger partial charge in [0.1, 0.15) is 12.3 Å². The number of benzene rings is 2. The van der Waals surface area contributed by atoms with Crippen LogP contribution in [0.1, 0.15) is 17.9 Å². The van der Waals surface area contributed by atoms with E-state index in [4.69, 9.17) is 4.74 Å². The van der Waals surface area contributed by atoms with Crippen molar-refractivity contribution in [1.29, 1.82) is 0 Å². The Bertz CT molecular complexity index is 921. The van der Waals surface area contributed by atoms with Crippen molar-refractivity contribution in [2.24, 2.45) is 0 Å². The second-order valence-electron chi connectivity index (χ2n) is 7.55. The minimum Gasteiger partial charge on any atom is -0.497 e. The zero-order chi connectivity index (χ0) is 21.1. The summed E-state index contributed by atoms with van der Waals surface area (Å²) in [4.78, 5) is 43.0. The molecule has 2 aromatic carbocycles. The molecule has 1 atom stereocenters. The largest absolute Gasteiger partial charge is 0.497 e. The van der Waals surface area contributed by atoms with Crippen LogP contribution in [0.3, 0.4) is 0 Å². The van der Waals surface area contributed by atoms with Gasteiger partial charge in [-0.3, -0.25) is 19.3 Å². The maximum atomic E-state index is 12.8. The fourth-order valence-corrected chi connectivity index (χ4v) is 4.04. The summed E-state index contributed by atoms with van der Waals surface area (Å²) in [6.45, 7) is 2.34. The number of amides is 3. The van der Waals surface area contributed by atoms with Gasteiger partial charge in [0, 0.05) is 38.3 Å². The van der Waals surface area contributed by atoms with Crippen molar-refractivity contribution in [2.75, 3.05) is 44.7 Å². The molecule has 2 aliphatic rings. The van der Waals surface area contributed by atoms with Crippen molar-refractivity contribution in [1.82, 2.24) is 9.80 Å². The summed E-state index contributed by atoms with van der Waals surface area (Å²) in [5.41, 5.74) is 1.90. The maximum Gasteiger partial charge on any atom is 0.242 e. The van der Waals surface area contributed by atoms with Gasteiger partial charge in [-0.05, 0) is 29.8 Å². The van der Waals surface area contributed by atoms with E-state index in [1.165, 1.54) is 0 Å². The molecule has 0 unspecified atom stereocenters. The number of ether oxygens (including phenoxy) is 1. The van der Waals surface area contributed by atoms with E-state index in [1.807, 2.05) is 54.6 Å². The fourth-order valence-electron chi connectivity index (χ4n) is 4.04. The monoisotopic (exact) mass is 407 g/mol. The van der Waals surface area contributed by atoms with Crippen LogP contribution in [-0.2, 0) is 14.4 Å². The van der Waals surface area contributed by atoms with Crippen molar-refractivity contribution >= 4 is 23.4 Å². The number of hydrogen-bond acceptors (Lipinski definition) is 5. The standard InChI is InChI=1S/C23H25N3O4/c1-30-19-9-7-18(8-10-19)24-11-13-25(14-12-24)22(28)16-26-21(27)15-20(23(26)29)17-5-3-2-4-6-17/h2-10,20H,11-16H2,1H3/t20-/m1/s1. The Morgan fingerprint density at radius 2 is 1.63 bits per heavy atom. The lowest BCUT2D eigenvalue weighted by molar-refractivity contribution is -0.145. The second kappa shape index (κ2) is 8.57. The highest BCUT2D eigenvalue weighted by molar-refractivity contribution is 6.08. The quantitative estimate of drug-likeness (QED) is 0.708. The van der Waals surface area contributed by atoms with Gasteiger partial charge in [-0.1, -0.05) is 30.3 Å². The fraction of sp³-hybridized carbons (Fsp3) is 0.348. The molecule has 0 aliphatic carbocycles. The number of anilines is 1. The van der Waals surface area contributed by atoms with Crippen LogP contribution in [-0.4, -0.2) is 67.4 Å². The Labute approximate surface area is 175 Å². The van der Waals surface area contributed by atoms with E-state index in [0.717, 1.165) is 21.9 Å². The van der Waals surface area contributed by atoms with Gasteiger partial charge in [-0.15, -0.1) is 0 Å². The highest BCUT2D eigenvalue weighted by Crippen LogP contribution is 2.29. The van der Waals surface area contributed by atoms with Crippen LogP contribution in [0, 0.1) is 0 Å². The first kappa shape index (κ1) is 19.9. The average Bonchev–Trinajstić information content (AvgIpc) is 3.08. The lowest BCUT2D eigenvalue weighted by Crippen LogP contribution is -2.52. The number of methoxy groups -OCH3 is 1. The molecule has 156 valence electrons. The van der Waals surface area contributed by atoms with E-state index < -0.39 is 5.92 Å². The summed E-state index contributed by atoms with van der Waals surface area (Å²) >= 11 is 0. The number of carbonyl (C=O) groups is 3. The van der Waals surface area contributed by atoms with Crippen molar-refractivity contribution in [3.63, 3.8) is 0 Å². The summed E-state index contributed by atoms with van der Waals surface area (Å²) in [6, 6.07) is 17.1. The molecule has 0 saturated carbocycles. The van der Waals surface area contributed by atoms with Crippen molar-refractivity contribution in [3.8, 4) is 5.75 Å². The van der Waals surface area contributed by atoms with Crippen molar-refractivity contribution in [3.05, 3.63) is 60.2 Å². The molecule has 2 heterocycles. The van der Waals surface area contributed by atoms with E-state index in [1.54, 1.807) is 12.0 Å². The molecule has 30 heavy (non-hydrogen) atoms. The van der Waals surface area contributed by atoms with Crippen LogP contribution in [0.25, 0.3) is 0 Å². The zero-order valence-corrected chi connectivity index (χ0v) is 17.0. The predicted octanol–water partition coefficient (Wildman–Crippen LogP) is 1.89. The lowest BCUT2D eigenvalue weighted by atomic mass is 9.98. The molecule has 0 bridgehead atoms. The minimum absolute atomic E-state index is 0.126. The molecular weight excluding hydrogens is 382 g/mol. The number of nitrogens with zero attached hydrogens (tertiary/aromatic N) is 3. The number of rotatable bonds is 5. The van der Waals surface area contributed by atoms with Crippen LogP contribution in [0.5, 0.6) is 5.75 Å². The SMILES string of the molecule is COc1ccc(N2CCN(C(=O)CN3C(=O)C[C@H](c4ccccc4)C3=O)CC2)cc1. The number of carbonyl (C=O) groups excluding carboxylic acids is 3. The third kappa shape index (κ3) is 4.01. The molecule has 4 rings (SSSR count). The van der Waals surface area contributed by atoms with Gasteiger partial charge in [-0.25, -0.2) is 0 Å². The van der Waals surface area contributed by atoms with Gasteiger partial charge in [0.05, 0.1) is 13.0 Å². The summed E-state index contributed by atoms with van der Waals surface area (Å²) in [6.07, 6.45) is 0.126. The minimum atomic E-state index is -0.488. The zero-order valence-electron chi connectivity index (χ0n) is 17.0. The Morgan fingerprint density at radius 1 is 0.967 bits per heavy atom. The van der Waals surface area contributed by atoms with E-state index in [0.29, 0.717) is 26.2 Å². The van der Waals surface area contributed by atoms with Gasteiger partial charge in [0.25, 0.3) is 0 Å². The molecule has 2 aromatic rings. The Hall–Kier alpha value is -3.35. The molecule has 2 saturated heterocycles. The first-order valence-electron chi connectivity index (χ1n) is 10.1. The molecule has 7 heteroatoms. The first-order valence-corrected chi connectivity index (χ1v) is 10.1. The Kier molecular flexibility index (Phi) is 5.70. The van der Waals surface area contributed by atoms with Gasteiger partial charge in [0.2, 0.25) is 17.7 Å².